The van der Waals surface area contributed by atoms with E-state index in [4.69, 9.17) is 4.42 Å². The number of hydrogen-bond donors (Lipinski definition) is 0. The summed E-state index contributed by atoms with van der Waals surface area (Å²) < 4.78 is 28.9. The number of ketones is 1. The molecule has 0 fully saturated rings. The minimum atomic E-state index is -3.49. The lowest BCUT2D eigenvalue weighted by Crippen LogP contribution is -2.17. The van der Waals surface area contributed by atoms with Gasteiger partial charge in [-0.1, -0.05) is 24.3 Å². The number of rotatable bonds is 5. The maximum Gasteiger partial charge on any atom is 0.212 e. The van der Waals surface area contributed by atoms with Gasteiger partial charge < -0.3 is 4.42 Å². The van der Waals surface area contributed by atoms with Gasteiger partial charge in [-0.2, -0.15) is 0 Å². The molecule has 0 radical (unpaired) electrons. The van der Waals surface area contributed by atoms with Crippen LogP contribution < -0.4 is 0 Å². The first-order valence-electron chi connectivity index (χ1n) is 5.79. The molecule has 0 aliphatic carbocycles. The second kappa shape index (κ2) is 5.40. The van der Waals surface area contributed by atoms with Crippen molar-refractivity contribution in [1.82, 2.24) is 0 Å². The molecule has 0 spiro atoms. The lowest BCUT2D eigenvalue weighted by molar-refractivity contribution is 0.0990. The monoisotopic (exact) mass is 278 g/mol. The van der Waals surface area contributed by atoms with Crippen LogP contribution in [0.15, 0.2) is 47.1 Å². The first-order valence-corrected chi connectivity index (χ1v) is 7.62. The second-order valence-corrected chi connectivity index (χ2v) is 6.42. The predicted molar refractivity (Wildman–Crippen MR) is 71.7 cm³/mol. The van der Waals surface area contributed by atoms with Gasteiger partial charge in [0.05, 0.1) is 12.0 Å². The molecule has 0 N–H and O–H groups in total. The fourth-order valence-electron chi connectivity index (χ4n) is 1.77. The first-order chi connectivity index (χ1) is 8.98. The molecule has 0 bridgehead atoms. The van der Waals surface area contributed by atoms with Crippen LogP contribution in [0.1, 0.15) is 21.7 Å². The highest BCUT2D eigenvalue weighted by atomic mass is 32.2. The Labute approximate surface area is 112 Å². The fraction of sp³-hybridized carbons (Fsp3) is 0.214. The first kappa shape index (κ1) is 13.5. The van der Waals surface area contributed by atoms with Crippen LogP contribution in [0.3, 0.4) is 0 Å². The van der Waals surface area contributed by atoms with Gasteiger partial charge in [-0.05, 0) is 30.2 Å². The number of aryl methyl sites for hydroxylation is 1. The zero-order chi connectivity index (χ0) is 13.9. The number of benzene rings is 1. The van der Waals surface area contributed by atoms with Crippen LogP contribution >= 0.6 is 0 Å². The molecule has 0 saturated carbocycles. The van der Waals surface area contributed by atoms with E-state index in [1.165, 1.54) is 12.3 Å². The maximum absolute atomic E-state index is 12.0. The van der Waals surface area contributed by atoms with Crippen molar-refractivity contribution in [3.8, 4) is 0 Å². The topological polar surface area (TPSA) is 64.3 Å². The average molecular weight is 278 g/mol. The molecule has 0 saturated heterocycles. The molecule has 0 unspecified atom stereocenters. The van der Waals surface area contributed by atoms with Gasteiger partial charge in [0, 0.05) is 0 Å². The fourth-order valence-corrected chi connectivity index (χ4v) is 3.21. The van der Waals surface area contributed by atoms with E-state index in [-0.39, 0.29) is 11.5 Å². The van der Waals surface area contributed by atoms with Crippen molar-refractivity contribution >= 4 is 15.6 Å². The van der Waals surface area contributed by atoms with E-state index >= 15 is 0 Å². The van der Waals surface area contributed by atoms with Crippen molar-refractivity contribution in [3.05, 3.63) is 59.5 Å². The van der Waals surface area contributed by atoms with Crippen molar-refractivity contribution < 1.29 is 17.6 Å². The number of Topliss-reactive ketones (excluding diaryl/α,β-unsaturated/α-hetero) is 1. The van der Waals surface area contributed by atoms with Gasteiger partial charge in [-0.25, -0.2) is 8.42 Å². The van der Waals surface area contributed by atoms with E-state index in [1.807, 2.05) is 19.1 Å². The van der Waals surface area contributed by atoms with Gasteiger partial charge in [0.25, 0.3) is 0 Å². The van der Waals surface area contributed by atoms with Crippen molar-refractivity contribution in [2.75, 3.05) is 5.75 Å². The molecule has 2 rings (SSSR count). The highest BCUT2D eigenvalue weighted by Crippen LogP contribution is 2.13. The lowest BCUT2D eigenvalue weighted by Gasteiger charge is -2.06. The zero-order valence-electron chi connectivity index (χ0n) is 10.5. The third-order valence-electron chi connectivity index (χ3n) is 2.78. The molecule has 1 aromatic carbocycles. The largest absolute Gasteiger partial charge is 0.461 e. The van der Waals surface area contributed by atoms with Crippen LogP contribution in [0.5, 0.6) is 0 Å². The third-order valence-corrected chi connectivity index (χ3v) is 4.24. The lowest BCUT2D eigenvalue weighted by atomic mass is 10.1. The average Bonchev–Trinajstić information content (AvgIpc) is 2.85. The summed E-state index contributed by atoms with van der Waals surface area (Å²) in [5.74, 6) is -1.10. The van der Waals surface area contributed by atoms with Gasteiger partial charge in [0.15, 0.2) is 15.6 Å². The summed E-state index contributed by atoms with van der Waals surface area (Å²) in [5, 5.41) is 0. The number of carbonyl (C=O) groups is 1. The number of carbonyl (C=O) groups excluding carboxylic acids is 1. The van der Waals surface area contributed by atoms with Gasteiger partial charge in [0.2, 0.25) is 5.78 Å². The van der Waals surface area contributed by atoms with E-state index in [9.17, 15) is 13.2 Å². The molecular weight excluding hydrogens is 264 g/mol. The normalized spacial score (nSPS) is 11.4. The smallest absolute Gasteiger partial charge is 0.212 e. The van der Waals surface area contributed by atoms with Gasteiger partial charge >= 0.3 is 0 Å². The van der Waals surface area contributed by atoms with E-state index in [0.29, 0.717) is 0 Å². The van der Waals surface area contributed by atoms with Crippen molar-refractivity contribution in [3.63, 3.8) is 0 Å². The van der Waals surface area contributed by atoms with E-state index < -0.39 is 21.4 Å². The standard InChI is InChI=1S/C14H14O4S/c1-11-5-2-3-6-12(11)9-19(16,17)10-13(15)14-7-4-8-18-14/h2-8H,9-10H2,1H3. The Morgan fingerprint density at radius 1 is 1.16 bits per heavy atom. The molecule has 0 amide bonds. The Balaban J connectivity index is 2.12. The minimum Gasteiger partial charge on any atom is -0.461 e. The molecule has 4 nitrogen and oxygen atoms in total. The Morgan fingerprint density at radius 3 is 2.53 bits per heavy atom. The molecule has 1 aromatic heterocycles. The predicted octanol–water partition coefficient (Wildman–Crippen LogP) is 2.39. The van der Waals surface area contributed by atoms with E-state index in [1.54, 1.807) is 18.2 Å². The number of furan rings is 1. The summed E-state index contributed by atoms with van der Waals surface area (Å²) in [4.78, 5) is 11.7. The van der Waals surface area contributed by atoms with Gasteiger partial charge in [-0.3, -0.25) is 4.79 Å². The molecule has 0 aliphatic rings. The van der Waals surface area contributed by atoms with Crippen LogP contribution in [-0.2, 0) is 15.6 Å². The number of sulfone groups is 1. The quantitative estimate of drug-likeness (QED) is 0.788. The van der Waals surface area contributed by atoms with Crippen molar-refractivity contribution in [1.29, 1.82) is 0 Å². The molecule has 19 heavy (non-hydrogen) atoms. The molecule has 100 valence electrons. The SMILES string of the molecule is Cc1ccccc1CS(=O)(=O)CC(=O)c1ccco1. The van der Waals surface area contributed by atoms with Gasteiger partial charge in [-0.15, -0.1) is 0 Å². The molecule has 5 heteroatoms. The third kappa shape index (κ3) is 3.54. The van der Waals surface area contributed by atoms with Crippen LogP contribution in [0.2, 0.25) is 0 Å². The zero-order valence-corrected chi connectivity index (χ0v) is 11.3. The van der Waals surface area contributed by atoms with E-state index in [2.05, 4.69) is 0 Å². The van der Waals surface area contributed by atoms with Crippen LogP contribution in [0.25, 0.3) is 0 Å². The van der Waals surface area contributed by atoms with Gasteiger partial charge in [0.1, 0.15) is 5.75 Å². The molecule has 2 aromatic rings. The van der Waals surface area contributed by atoms with Crippen molar-refractivity contribution in [2.45, 2.75) is 12.7 Å². The summed E-state index contributed by atoms with van der Waals surface area (Å²) in [6.07, 6.45) is 1.35. The summed E-state index contributed by atoms with van der Waals surface area (Å²) in [7, 11) is -3.49. The van der Waals surface area contributed by atoms with E-state index in [0.717, 1.165) is 11.1 Å². The Morgan fingerprint density at radius 2 is 1.89 bits per heavy atom. The summed E-state index contributed by atoms with van der Waals surface area (Å²) in [6, 6.07) is 10.3. The molecule has 0 aliphatic heterocycles. The Kier molecular flexibility index (Phi) is 3.85. The molecule has 0 atom stereocenters. The maximum atomic E-state index is 12.0. The Bertz CT molecular complexity index is 669. The van der Waals surface area contributed by atoms with Crippen LogP contribution in [-0.4, -0.2) is 20.0 Å². The summed E-state index contributed by atoms with van der Waals surface area (Å²) in [6.45, 7) is 1.85. The minimum absolute atomic E-state index is 0.0772. The van der Waals surface area contributed by atoms with Crippen molar-refractivity contribution in [2.24, 2.45) is 0 Å². The molecule has 1 heterocycles. The van der Waals surface area contributed by atoms with Crippen LogP contribution in [0.4, 0.5) is 0 Å². The van der Waals surface area contributed by atoms with Crippen LogP contribution in [0, 0.1) is 6.92 Å². The number of hydrogen-bond acceptors (Lipinski definition) is 4. The Hall–Kier alpha value is -1.88. The molecular formula is C14H14O4S. The summed E-state index contributed by atoms with van der Waals surface area (Å²) in [5.41, 5.74) is 1.62. The highest BCUT2D eigenvalue weighted by molar-refractivity contribution is 7.91. The summed E-state index contributed by atoms with van der Waals surface area (Å²) >= 11 is 0. The highest BCUT2D eigenvalue weighted by Gasteiger charge is 2.20. The second-order valence-electron chi connectivity index (χ2n) is 4.36.